The molecule has 1 rings (SSSR count). The summed E-state index contributed by atoms with van der Waals surface area (Å²) in [6.07, 6.45) is 3.27. The van der Waals surface area contributed by atoms with E-state index in [1.165, 1.54) is 5.69 Å². The van der Waals surface area contributed by atoms with Gasteiger partial charge in [-0.2, -0.15) is 11.8 Å². The number of benzene rings is 1. The van der Waals surface area contributed by atoms with Gasteiger partial charge >= 0.3 is 0 Å². The molecule has 0 spiro atoms. The van der Waals surface area contributed by atoms with E-state index < -0.39 is 0 Å². The highest BCUT2D eigenvalue weighted by Gasteiger charge is 2.20. The lowest BCUT2D eigenvalue weighted by Crippen LogP contribution is -2.34. The zero-order valence-corrected chi connectivity index (χ0v) is 13.5. The van der Waals surface area contributed by atoms with Crippen molar-refractivity contribution in [3.8, 4) is 5.75 Å². The lowest BCUT2D eigenvalue weighted by atomic mass is 10.0. The van der Waals surface area contributed by atoms with E-state index in [1.54, 1.807) is 7.11 Å². The summed E-state index contributed by atoms with van der Waals surface area (Å²) in [5.74, 6) is 1.99. The summed E-state index contributed by atoms with van der Waals surface area (Å²) in [6.45, 7) is 4.23. The maximum atomic E-state index is 6.13. The average molecular weight is 282 g/mol. The van der Waals surface area contributed by atoms with Gasteiger partial charge < -0.3 is 15.4 Å². The number of ether oxygens (including phenoxy) is 1. The number of thioether (sulfide) groups is 1. The van der Waals surface area contributed by atoms with Gasteiger partial charge in [-0.1, -0.05) is 13.0 Å². The molecular formula is C15H26N2OS. The summed E-state index contributed by atoms with van der Waals surface area (Å²) < 4.78 is 5.46. The number of hydrogen-bond acceptors (Lipinski definition) is 4. The van der Waals surface area contributed by atoms with Gasteiger partial charge in [0, 0.05) is 36.1 Å². The first-order valence-electron chi connectivity index (χ1n) is 6.71. The monoisotopic (exact) mass is 282 g/mol. The van der Waals surface area contributed by atoms with Crippen LogP contribution in [0.4, 0.5) is 5.69 Å². The smallest absolute Gasteiger partial charge is 0.125 e. The number of nitrogens with zero attached hydrogens (tertiary/aromatic N) is 1. The molecule has 108 valence electrons. The molecule has 3 nitrogen and oxygen atoms in total. The van der Waals surface area contributed by atoms with Crippen molar-refractivity contribution in [2.75, 3.05) is 31.1 Å². The molecule has 1 aromatic carbocycles. The summed E-state index contributed by atoms with van der Waals surface area (Å²) in [4.78, 5) is 2.33. The van der Waals surface area contributed by atoms with Gasteiger partial charge in [0.25, 0.3) is 0 Å². The molecular weight excluding hydrogens is 256 g/mol. The predicted molar refractivity (Wildman–Crippen MR) is 86.5 cm³/mol. The van der Waals surface area contributed by atoms with Gasteiger partial charge in [-0.05, 0) is 31.7 Å². The standard InChI is InChI=1S/C15H26N2OS/c1-6-12(10-19-5)17(3)13-8-7-9-14(18-4)15(13)11(2)16/h7-9,11-12H,6,10,16H2,1-5H3. The zero-order valence-electron chi connectivity index (χ0n) is 12.6. The topological polar surface area (TPSA) is 38.5 Å². The molecule has 0 bridgehead atoms. The minimum atomic E-state index is -0.0413. The molecule has 1 aromatic rings. The summed E-state index contributed by atoms with van der Waals surface area (Å²) in [6, 6.07) is 6.61. The third-order valence-electron chi connectivity index (χ3n) is 3.48. The molecule has 0 radical (unpaired) electrons. The quantitative estimate of drug-likeness (QED) is 0.833. The summed E-state index contributed by atoms with van der Waals surface area (Å²) >= 11 is 1.88. The van der Waals surface area contributed by atoms with Crippen LogP contribution in [0.1, 0.15) is 31.9 Å². The minimum absolute atomic E-state index is 0.0413. The van der Waals surface area contributed by atoms with Crippen molar-refractivity contribution in [2.45, 2.75) is 32.4 Å². The Kier molecular flexibility index (Phi) is 6.52. The maximum Gasteiger partial charge on any atom is 0.125 e. The number of anilines is 1. The van der Waals surface area contributed by atoms with E-state index >= 15 is 0 Å². The van der Waals surface area contributed by atoms with Crippen molar-refractivity contribution >= 4 is 17.4 Å². The van der Waals surface area contributed by atoms with Crippen LogP contribution in [0.3, 0.4) is 0 Å². The Morgan fingerprint density at radius 3 is 2.58 bits per heavy atom. The second-order valence-electron chi connectivity index (χ2n) is 4.81. The Labute approximate surface area is 121 Å². The van der Waals surface area contributed by atoms with Gasteiger partial charge in [-0.25, -0.2) is 0 Å². The molecule has 0 saturated carbocycles. The molecule has 0 aromatic heterocycles. The second-order valence-corrected chi connectivity index (χ2v) is 5.72. The number of nitrogens with two attached hydrogens (primary N) is 1. The fourth-order valence-corrected chi connectivity index (χ4v) is 3.21. The highest BCUT2D eigenvalue weighted by Crippen LogP contribution is 2.34. The van der Waals surface area contributed by atoms with Gasteiger partial charge in [0.05, 0.1) is 7.11 Å². The van der Waals surface area contributed by atoms with E-state index in [0.29, 0.717) is 6.04 Å². The first-order chi connectivity index (χ1) is 9.06. The molecule has 0 aliphatic carbocycles. The fraction of sp³-hybridized carbons (Fsp3) is 0.600. The highest BCUT2D eigenvalue weighted by atomic mass is 32.2. The number of methoxy groups -OCH3 is 1. The van der Waals surface area contributed by atoms with Crippen LogP contribution in [0.2, 0.25) is 0 Å². The number of rotatable bonds is 7. The van der Waals surface area contributed by atoms with Crippen molar-refractivity contribution < 1.29 is 4.74 Å². The Bertz CT molecular complexity index is 396. The number of hydrogen-bond donors (Lipinski definition) is 1. The van der Waals surface area contributed by atoms with Crippen molar-refractivity contribution in [2.24, 2.45) is 5.73 Å². The van der Waals surface area contributed by atoms with E-state index in [4.69, 9.17) is 10.5 Å². The van der Waals surface area contributed by atoms with Crippen LogP contribution in [-0.4, -0.2) is 32.2 Å². The summed E-state index contributed by atoms with van der Waals surface area (Å²) in [5, 5.41) is 0. The van der Waals surface area contributed by atoms with Crippen LogP contribution in [0, 0.1) is 0 Å². The van der Waals surface area contributed by atoms with Crippen molar-refractivity contribution in [3.05, 3.63) is 23.8 Å². The van der Waals surface area contributed by atoms with E-state index in [0.717, 1.165) is 23.5 Å². The Morgan fingerprint density at radius 1 is 1.42 bits per heavy atom. The molecule has 4 heteroatoms. The zero-order chi connectivity index (χ0) is 14.4. The first kappa shape index (κ1) is 16.2. The van der Waals surface area contributed by atoms with E-state index in [9.17, 15) is 0 Å². The fourth-order valence-electron chi connectivity index (χ4n) is 2.37. The summed E-state index contributed by atoms with van der Waals surface area (Å²) in [5.41, 5.74) is 8.40. The Balaban J connectivity index is 3.17. The largest absolute Gasteiger partial charge is 0.496 e. The Hall–Kier alpha value is -0.870. The van der Waals surface area contributed by atoms with Crippen LogP contribution in [0.25, 0.3) is 0 Å². The van der Waals surface area contributed by atoms with Crippen LogP contribution >= 0.6 is 11.8 Å². The van der Waals surface area contributed by atoms with Crippen molar-refractivity contribution in [1.82, 2.24) is 0 Å². The third kappa shape index (κ3) is 3.80. The normalized spacial score (nSPS) is 14.0. The molecule has 2 N–H and O–H groups in total. The molecule has 0 aliphatic heterocycles. The van der Waals surface area contributed by atoms with Crippen LogP contribution in [0.15, 0.2) is 18.2 Å². The highest BCUT2D eigenvalue weighted by molar-refractivity contribution is 7.98. The van der Waals surface area contributed by atoms with Gasteiger partial charge in [0.2, 0.25) is 0 Å². The maximum absolute atomic E-state index is 6.13. The SMILES string of the molecule is CCC(CSC)N(C)c1cccc(OC)c1C(C)N. The second kappa shape index (κ2) is 7.65. The van der Waals surface area contributed by atoms with E-state index in [-0.39, 0.29) is 6.04 Å². The molecule has 0 aliphatic rings. The Morgan fingerprint density at radius 2 is 2.11 bits per heavy atom. The average Bonchev–Trinajstić information content (AvgIpc) is 2.42. The molecule has 0 amide bonds. The van der Waals surface area contributed by atoms with E-state index in [1.807, 2.05) is 30.8 Å². The van der Waals surface area contributed by atoms with E-state index in [2.05, 4.69) is 31.2 Å². The molecule has 19 heavy (non-hydrogen) atoms. The molecule has 0 heterocycles. The van der Waals surface area contributed by atoms with Crippen LogP contribution in [-0.2, 0) is 0 Å². The minimum Gasteiger partial charge on any atom is -0.496 e. The molecule has 2 unspecified atom stereocenters. The predicted octanol–water partition coefficient (Wildman–Crippen LogP) is 3.29. The first-order valence-corrected chi connectivity index (χ1v) is 8.10. The van der Waals surface area contributed by atoms with Gasteiger partial charge in [0.15, 0.2) is 0 Å². The molecule has 0 fully saturated rings. The van der Waals surface area contributed by atoms with Gasteiger partial charge in [-0.15, -0.1) is 0 Å². The molecule has 2 atom stereocenters. The van der Waals surface area contributed by atoms with Gasteiger partial charge in [0.1, 0.15) is 5.75 Å². The van der Waals surface area contributed by atoms with Crippen molar-refractivity contribution in [1.29, 1.82) is 0 Å². The van der Waals surface area contributed by atoms with Gasteiger partial charge in [-0.3, -0.25) is 0 Å². The summed E-state index contributed by atoms with van der Waals surface area (Å²) in [7, 11) is 3.84. The van der Waals surface area contributed by atoms with Crippen LogP contribution < -0.4 is 15.4 Å². The molecule has 0 saturated heterocycles. The van der Waals surface area contributed by atoms with Crippen LogP contribution in [0.5, 0.6) is 5.75 Å². The lowest BCUT2D eigenvalue weighted by Gasteiger charge is -2.32. The van der Waals surface area contributed by atoms with Crippen molar-refractivity contribution in [3.63, 3.8) is 0 Å². The third-order valence-corrected chi connectivity index (χ3v) is 4.19. The lowest BCUT2D eigenvalue weighted by molar-refractivity contribution is 0.407.